The Labute approximate surface area is 119 Å². The van der Waals surface area contributed by atoms with Gasteiger partial charge in [0.15, 0.2) is 0 Å². The predicted octanol–water partition coefficient (Wildman–Crippen LogP) is 2.55. The van der Waals surface area contributed by atoms with Crippen LogP contribution in [0.4, 0.5) is 0 Å². The van der Waals surface area contributed by atoms with Crippen LogP contribution in [0.2, 0.25) is 0 Å². The number of ether oxygens (including phenoxy) is 1. The number of carbonyl (C=O) groups is 2. The van der Waals surface area contributed by atoms with Crippen molar-refractivity contribution in [3.05, 3.63) is 42.0 Å². The summed E-state index contributed by atoms with van der Waals surface area (Å²) >= 11 is 0. The first-order valence-corrected chi connectivity index (χ1v) is 6.65. The molecule has 1 rings (SSSR count). The summed E-state index contributed by atoms with van der Waals surface area (Å²) in [4.78, 5) is 23.7. The first kappa shape index (κ1) is 16.0. The van der Waals surface area contributed by atoms with Crippen molar-refractivity contribution in [1.29, 1.82) is 0 Å². The predicted molar refractivity (Wildman–Crippen MR) is 78.9 cm³/mol. The first-order valence-electron chi connectivity index (χ1n) is 6.65. The van der Waals surface area contributed by atoms with Gasteiger partial charge in [0, 0.05) is 6.08 Å². The number of methoxy groups -OCH3 is 1. The zero-order chi connectivity index (χ0) is 15.0. The highest BCUT2D eigenvalue weighted by molar-refractivity contribution is 5.96. The normalized spacial score (nSPS) is 13.8. The van der Waals surface area contributed by atoms with Gasteiger partial charge in [0.05, 0.1) is 7.11 Å². The van der Waals surface area contributed by atoms with Crippen LogP contribution in [0, 0.1) is 0 Å². The van der Waals surface area contributed by atoms with E-state index in [1.807, 2.05) is 37.3 Å². The van der Waals surface area contributed by atoms with Crippen molar-refractivity contribution in [2.75, 3.05) is 7.11 Å². The smallest absolute Gasteiger partial charge is 0.331 e. The molecule has 0 radical (unpaired) electrons. The van der Waals surface area contributed by atoms with Gasteiger partial charge in [0.2, 0.25) is 5.91 Å². The summed E-state index contributed by atoms with van der Waals surface area (Å²) in [5.74, 6) is -0.740. The average Bonchev–Trinajstić information content (AvgIpc) is 2.45. The van der Waals surface area contributed by atoms with Crippen molar-refractivity contribution in [3.63, 3.8) is 0 Å². The zero-order valence-corrected chi connectivity index (χ0v) is 12.2. The van der Waals surface area contributed by atoms with Crippen LogP contribution in [0.15, 0.2) is 36.4 Å². The van der Waals surface area contributed by atoms with Crippen LogP contribution in [0.3, 0.4) is 0 Å². The Morgan fingerprint density at radius 2 is 1.95 bits per heavy atom. The number of carbonyl (C=O) groups excluding carboxylic acids is 2. The summed E-state index contributed by atoms with van der Waals surface area (Å²) < 4.78 is 4.75. The van der Waals surface area contributed by atoms with Gasteiger partial charge in [-0.1, -0.05) is 43.7 Å². The maximum absolute atomic E-state index is 11.9. The molecule has 1 unspecified atom stereocenters. The molecule has 1 aromatic carbocycles. The molecule has 4 heteroatoms. The lowest BCUT2D eigenvalue weighted by atomic mass is 9.96. The fraction of sp³-hybridized carbons (Fsp3) is 0.375. The minimum atomic E-state index is -0.985. The third-order valence-electron chi connectivity index (χ3n) is 3.01. The Kier molecular flexibility index (Phi) is 5.97. The van der Waals surface area contributed by atoms with Gasteiger partial charge in [-0.05, 0) is 25.0 Å². The summed E-state index contributed by atoms with van der Waals surface area (Å²) in [5.41, 5.74) is -0.0559. The van der Waals surface area contributed by atoms with Gasteiger partial charge in [-0.25, -0.2) is 4.79 Å². The molecule has 0 aliphatic heterocycles. The fourth-order valence-electron chi connectivity index (χ4n) is 1.99. The van der Waals surface area contributed by atoms with Crippen LogP contribution in [0.1, 0.15) is 32.3 Å². The van der Waals surface area contributed by atoms with E-state index in [4.69, 9.17) is 4.74 Å². The van der Waals surface area contributed by atoms with E-state index in [1.54, 1.807) is 13.0 Å². The third-order valence-corrected chi connectivity index (χ3v) is 3.01. The SMILES string of the molecule is CCCC(C)(NC(=O)/C=C/c1ccccc1)C(=O)OC. The molecule has 0 bridgehead atoms. The van der Waals surface area contributed by atoms with Crippen LogP contribution in [0.5, 0.6) is 0 Å². The molecule has 0 aliphatic rings. The van der Waals surface area contributed by atoms with Crippen molar-refractivity contribution in [1.82, 2.24) is 5.32 Å². The highest BCUT2D eigenvalue weighted by Crippen LogP contribution is 2.14. The van der Waals surface area contributed by atoms with Crippen molar-refractivity contribution >= 4 is 18.0 Å². The molecule has 108 valence electrons. The van der Waals surface area contributed by atoms with Crippen molar-refractivity contribution in [2.45, 2.75) is 32.2 Å². The molecule has 1 aromatic rings. The van der Waals surface area contributed by atoms with Crippen molar-refractivity contribution < 1.29 is 14.3 Å². The van der Waals surface area contributed by atoms with E-state index in [0.29, 0.717) is 6.42 Å². The molecule has 0 aliphatic carbocycles. The standard InChI is InChI=1S/C16H21NO3/c1-4-12-16(2,15(19)20-3)17-14(18)11-10-13-8-6-5-7-9-13/h5-11H,4,12H2,1-3H3,(H,17,18)/b11-10+. The minimum Gasteiger partial charge on any atom is -0.467 e. The van der Waals surface area contributed by atoms with E-state index in [2.05, 4.69) is 5.32 Å². The molecular formula is C16H21NO3. The molecule has 4 nitrogen and oxygen atoms in total. The monoisotopic (exact) mass is 275 g/mol. The molecule has 0 heterocycles. The van der Waals surface area contributed by atoms with E-state index in [-0.39, 0.29) is 5.91 Å². The Morgan fingerprint density at radius 1 is 1.30 bits per heavy atom. The summed E-state index contributed by atoms with van der Waals surface area (Å²) in [6.07, 6.45) is 4.43. The van der Waals surface area contributed by atoms with E-state index in [1.165, 1.54) is 13.2 Å². The zero-order valence-electron chi connectivity index (χ0n) is 12.2. The maximum atomic E-state index is 11.9. The topological polar surface area (TPSA) is 55.4 Å². The molecule has 1 N–H and O–H groups in total. The lowest BCUT2D eigenvalue weighted by Gasteiger charge is -2.26. The molecule has 0 fully saturated rings. The van der Waals surface area contributed by atoms with Crippen LogP contribution < -0.4 is 5.32 Å². The molecule has 0 spiro atoms. The summed E-state index contributed by atoms with van der Waals surface area (Å²) in [7, 11) is 1.32. The molecule has 1 amide bonds. The lowest BCUT2D eigenvalue weighted by molar-refractivity contribution is -0.150. The largest absolute Gasteiger partial charge is 0.467 e. The molecule has 0 aromatic heterocycles. The van der Waals surface area contributed by atoms with Crippen LogP contribution in [-0.2, 0) is 14.3 Å². The van der Waals surface area contributed by atoms with E-state index in [9.17, 15) is 9.59 Å². The molecular weight excluding hydrogens is 254 g/mol. The number of esters is 1. The molecule has 1 atom stereocenters. The van der Waals surface area contributed by atoms with Gasteiger partial charge < -0.3 is 10.1 Å². The van der Waals surface area contributed by atoms with E-state index in [0.717, 1.165) is 12.0 Å². The summed E-state index contributed by atoms with van der Waals surface area (Å²) in [6, 6.07) is 9.50. The number of hydrogen-bond donors (Lipinski definition) is 1. The maximum Gasteiger partial charge on any atom is 0.331 e. The van der Waals surface area contributed by atoms with Crippen LogP contribution >= 0.6 is 0 Å². The van der Waals surface area contributed by atoms with Gasteiger partial charge in [0.1, 0.15) is 5.54 Å². The van der Waals surface area contributed by atoms with Gasteiger partial charge in [-0.15, -0.1) is 0 Å². The molecule has 20 heavy (non-hydrogen) atoms. The Morgan fingerprint density at radius 3 is 2.50 bits per heavy atom. The lowest BCUT2D eigenvalue weighted by Crippen LogP contribution is -2.52. The number of rotatable bonds is 6. The molecule has 0 saturated carbocycles. The Bertz CT molecular complexity index is 482. The second kappa shape index (κ2) is 7.48. The van der Waals surface area contributed by atoms with Gasteiger partial charge in [-0.3, -0.25) is 4.79 Å². The Hall–Kier alpha value is -2.10. The number of amides is 1. The highest BCUT2D eigenvalue weighted by Gasteiger charge is 2.34. The van der Waals surface area contributed by atoms with Crippen molar-refractivity contribution in [3.8, 4) is 0 Å². The number of nitrogens with one attached hydrogen (secondary N) is 1. The quantitative estimate of drug-likeness (QED) is 0.641. The third kappa shape index (κ3) is 4.53. The average molecular weight is 275 g/mol. The van der Waals surface area contributed by atoms with Crippen molar-refractivity contribution in [2.24, 2.45) is 0 Å². The van der Waals surface area contributed by atoms with E-state index < -0.39 is 11.5 Å². The fourth-order valence-corrected chi connectivity index (χ4v) is 1.99. The van der Waals surface area contributed by atoms with Gasteiger partial charge in [0.25, 0.3) is 0 Å². The number of hydrogen-bond acceptors (Lipinski definition) is 3. The van der Waals surface area contributed by atoms with Gasteiger partial charge >= 0.3 is 5.97 Å². The Balaban J connectivity index is 2.72. The van der Waals surface area contributed by atoms with E-state index >= 15 is 0 Å². The van der Waals surface area contributed by atoms with Gasteiger partial charge in [-0.2, -0.15) is 0 Å². The second-order valence-corrected chi connectivity index (χ2v) is 4.81. The first-order chi connectivity index (χ1) is 9.51. The summed E-state index contributed by atoms with van der Waals surface area (Å²) in [6.45, 7) is 3.63. The summed E-state index contributed by atoms with van der Waals surface area (Å²) in [5, 5.41) is 2.71. The van der Waals surface area contributed by atoms with Crippen LogP contribution in [-0.4, -0.2) is 24.5 Å². The molecule has 0 saturated heterocycles. The highest BCUT2D eigenvalue weighted by atomic mass is 16.5. The number of benzene rings is 1. The minimum absolute atomic E-state index is 0.310. The van der Waals surface area contributed by atoms with Crippen LogP contribution in [0.25, 0.3) is 6.08 Å². The second-order valence-electron chi connectivity index (χ2n) is 4.81.